The summed E-state index contributed by atoms with van der Waals surface area (Å²) in [6, 6.07) is 6.24. The molecule has 0 aliphatic rings. The van der Waals surface area contributed by atoms with Gasteiger partial charge in [0, 0.05) is 0 Å². The first-order valence-electron chi connectivity index (χ1n) is 8.17. The molecule has 0 saturated heterocycles. The summed E-state index contributed by atoms with van der Waals surface area (Å²) in [6.45, 7) is 3.41. The Kier molecular flexibility index (Phi) is 6.72. The van der Waals surface area contributed by atoms with Gasteiger partial charge in [-0.15, -0.1) is 0 Å². The van der Waals surface area contributed by atoms with E-state index in [4.69, 9.17) is 9.47 Å². The van der Waals surface area contributed by atoms with Crippen molar-refractivity contribution >= 4 is 11.8 Å². The molecule has 0 amide bonds. The zero-order valence-electron chi connectivity index (χ0n) is 15.2. The molecule has 1 atom stereocenters. The fraction of sp³-hybridized carbons (Fsp3) is 0.412. The number of carbonyl (C=O) groups is 1. The van der Waals surface area contributed by atoms with Gasteiger partial charge in [-0.25, -0.2) is 4.79 Å². The third kappa shape index (κ3) is 5.42. The molecule has 10 heteroatoms. The number of imidazole rings is 1. The number of esters is 1. The number of ether oxygens (including phenoxy) is 3. The van der Waals surface area contributed by atoms with Gasteiger partial charge in [0.25, 0.3) is 5.88 Å². The van der Waals surface area contributed by atoms with Crippen molar-refractivity contribution in [3.63, 3.8) is 0 Å². The van der Waals surface area contributed by atoms with E-state index < -0.39 is 22.8 Å². The first-order chi connectivity index (χ1) is 12.8. The van der Waals surface area contributed by atoms with Crippen molar-refractivity contribution in [2.24, 2.45) is 0 Å². The van der Waals surface area contributed by atoms with Gasteiger partial charge in [-0.1, -0.05) is 0 Å². The Morgan fingerprint density at radius 1 is 1.33 bits per heavy atom. The molecule has 0 saturated carbocycles. The maximum Gasteiger partial charge on any atom is 0.426 e. The molecule has 1 aromatic carbocycles. The minimum atomic E-state index is -0.964. The monoisotopic (exact) mass is 379 g/mol. The van der Waals surface area contributed by atoms with Gasteiger partial charge in [-0.3, -0.25) is 4.57 Å². The lowest BCUT2D eigenvalue weighted by atomic mass is 10.2. The largest absolute Gasteiger partial charge is 0.491 e. The highest BCUT2D eigenvalue weighted by atomic mass is 16.6. The van der Waals surface area contributed by atoms with Crippen molar-refractivity contribution in [3.05, 3.63) is 46.3 Å². The minimum Gasteiger partial charge on any atom is -0.491 e. The summed E-state index contributed by atoms with van der Waals surface area (Å²) in [5.41, 5.74) is 0.381. The Balaban J connectivity index is 1.98. The van der Waals surface area contributed by atoms with Crippen LogP contribution in [0.2, 0.25) is 0 Å². The number of methoxy groups -OCH3 is 1. The minimum absolute atomic E-state index is 0.00311. The van der Waals surface area contributed by atoms with Gasteiger partial charge in [0.2, 0.25) is 6.33 Å². The summed E-state index contributed by atoms with van der Waals surface area (Å²) in [4.78, 5) is 25.5. The molecule has 0 fully saturated rings. The number of hydrogen-bond donors (Lipinski definition) is 1. The van der Waals surface area contributed by atoms with Crippen LogP contribution < -0.4 is 9.47 Å². The van der Waals surface area contributed by atoms with Crippen molar-refractivity contribution in [1.29, 1.82) is 0 Å². The Morgan fingerprint density at radius 3 is 2.56 bits per heavy atom. The van der Waals surface area contributed by atoms with Crippen LogP contribution in [0.4, 0.5) is 5.82 Å². The SMILES string of the molecule is COC(=O)c1ccc(OCC(O)Cn2cnc([N+](=O)[O-])c2OC(C)C)cc1. The Bertz CT molecular complexity index is 786. The summed E-state index contributed by atoms with van der Waals surface area (Å²) in [5, 5.41) is 21.2. The quantitative estimate of drug-likeness (QED) is 0.397. The van der Waals surface area contributed by atoms with E-state index in [-0.39, 0.29) is 25.1 Å². The molecular weight excluding hydrogens is 358 g/mol. The molecule has 146 valence electrons. The molecule has 0 radical (unpaired) electrons. The van der Waals surface area contributed by atoms with E-state index >= 15 is 0 Å². The molecule has 2 rings (SSSR count). The molecule has 0 bridgehead atoms. The van der Waals surface area contributed by atoms with E-state index in [1.54, 1.807) is 38.1 Å². The van der Waals surface area contributed by atoms with Gasteiger partial charge in [0.1, 0.15) is 18.5 Å². The highest BCUT2D eigenvalue weighted by Crippen LogP contribution is 2.26. The normalized spacial score (nSPS) is 11.9. The molecule has 1 N–H and O–H groups in total. The van der Waals surface area contributed by atoms with E-state index in [9.17, 15) is 20.0 Å². The zero-order valence-corrected chi connectivity index (χ0v) is 15.2. The van der Waals surface area contributed by atoms with Crippen LogP contribution in [0.3, 0.4) is 0 Å². The zero-order chi connectivity index (χ0) is 20.0. The van der Waals surface area contributed by atoms with Gasteiger partial charge in [-0.2, -0.15) is 0 Å². The smallest absolute Gasteiger partial charge is 0.426 e. The van der Waals surface area contributed by atoms with Gasteiger partial charge < -0.3 is 29.4 Å². The number of rotatable bonds is 9. The maximum absolute atomic E-state index is 11.4. The lowest BCUT2D eigenvalue weighted by Crippen LogP contribution is -2.24. The van der Waals surface area contributed by atoms with Crippen LogP contribution in [0.15, 0.2) is 30.6 Å². The standard InChI is InChI=1S/C17H21N3O7/c1-11(2)27-16-15(20(23)24)18-10-19(16)8-13(21)9-26-14-6-4-12(5-7-14)17(22)25-3/h4-7,10-11,13,21H,8-9H2,1-3H3. The highest BCUT2D eigenvalue weighted by molar-refractivity contribution is 5.89. The lowest BCUT2D eigenvalue weighted by molar-refractivity contribution is -0.390. The average Bonchev–Trinajstić information content (AvgIpc) is 3.01. The molecule has 10 nitrogen and oxygen atoms in total. The fourth-order valence-electron chi connectivity index (χ4n) is 2.24. The van der Waals surface area contributed by atoms with Crippen molar-refractivity contribution in [1.82, 2.24) is 9.55 Å². The number of nitro groups is 1. The molecule has 1 heterocycles. The van der Waals surface area contributed by atoms with Crippen LogP contribution in [-0.2, 0) is 11.3 Å². The molecule has 2 aromatic rings. The summed E-state index contributed by atoms with van der Waals surface area (Å²) in [5.74, 6) is -0.426. The van der Waals surface area contributed by atoms with Gasteiger partial charge in [-0.05, 0) is 48.0 Å². The van der Waals surface area contributed by atoms with Crippen LogP contribution in [0.25, 0.3) is 0 Å². The second kappa shape index (κ2) is 8.99. The third-order valence-corrected chi connectivity index (χ3v) is 3.42. The lowest BCUT2D eigenvalue weighted by Gasteiger charge is -2.15. The summed E-state index contributed by atoms with van der Waals surface area (Å²) >= 11 is 0. The van der Waals surface area contributed by atoms with Gasteiger partial charge in [0.15, 0.2) is 0 Å². The Labute approximate surface area is 155 Å². The number of benzene rings is 1. The van der Waals surface area contributed by atoms with Crippen LogP contribution in [-0.4, -0.2) is 51.5 Å². The molecule has 1 unspecified atom stereocenters. The maximum atomic E-state index is 11.4. The third-order valence-electron chi connectivity index (χ3n) is 3.42. The summed E-state index contributed by atoms with van der Waals surface area (Å²) in [7, 11) is 1.29. The van der Waals surface area contributed by atoms with Crippen LogP contribution in [0, 0.1) is 10.1 Å². The molecule has 0 aliphatic carbocycles. The number of carbonyl (C=O) groups excluding carboxylic acids is 1. The topological polar surface area (TPSA) is 126 Å². The second-order valence-corrected chi connectivity index (χ2v) is 5.93. The predicted molar refractivity (Wildman–Crippen MR) is 93.9 cm³/mol. The highest BCUT2D eigenvalue weighted by Gasteiger charge is 2.25. The predicted octanol–water partition coefficient (Wildman–Crippen LogP) is 1.80. The van der Waals surface area contributed by atoms with E-state index in [1.807, 2.05) is 0 Å². The van der Waals surface area contributed by atoms with Gasteiger partial charge >= 0.3 is 11.8 Å². The molecular formula is C17H21N3O7. The molecule has 0 aliphatic heterocycles. The Morgan fingerprint density at radius 2 is 2.00 bits per heavy atom. The van der Waals surface area contributed by atoms with E-state index in [2.05, 4.69) is 9.72 Å². The van der Waals surface area contributed by atoms with Crippen LogP contribution in [0.5, 0.6) is 11.6 Å². The van der Waals surface area contributed by atoms with E-state index in [0.29, 0.717) is 11.3 Å². The van der Waals surface area contributed by atoms with Crippen molar-refractivity contribution in [3.8, 4) is 11.6 Å². The van der Waals surface area contributed by atoms with Crippen LogP contribution >= 0.6 is 0 Å². The van der Waals surface area contributed by atoms with Crippen LogP contribution in [0.1, 0.15) is 24.2 Å². The van der Waals surface area contributed by atoms with Crippen molar-refractivity contribution in [2.45, 2.75) is 32.6 Å². The van der Waals surface area contributed by atoms with Crippen molar-refractivity contribution < 1.29 is 29.0 Å². The van der Waals surface area contributed by atoms with Crippen molar-refractivity contribution in [2.75, 3.05) is 13.7 Å². The second-order valence-electron chi connectivity index (χ2n) is 5.93. The molecule has 0 spiro atoms. The summed E-state index contributed by atoms with van der Waals surface area (Å²) in [6.07, 6.45) is -0.0148. The van der Waals surface area contributed by atoms with E-state index in [1.165, 1.54) is 18.0 Å². The summed E-state index contributed by atoms with van der Waals surface area (Å²) < 4.78 is 16.9. The number of aliphatic hydroxyl groups is 1. The molecule has 1 aromatic heterocycles. The van der Waals surface area contributed by atoms with Gasteiger partial charge in [0.05, 0.1) is 25.3 Å². The Hall–Kier alpha value is -3.14. The number of hydrogen-bond acceptors (Lipinski definition) is 8. The first-order valence-corrected chi connectivity index (χ1v) is 8.17. The number of aliphatic hydroxyl groups excluding tert-OH is 1. The number of nitrogens with zero attached hydrogens (tertiary/aromatic N) is 3. The first kappa shape index (κ1) is 20.2. The fourth-order valence-corrected chi connectivity index (χ4v) is 2.24. The molecule has 27 heavy (non-hydrogen) atoms. The number of aromatic nitrogens is 2. The average molecular weight is 379 g/mol. The van der Waals surface area contributed by atoms with E-state index in [0.717, 1.165) is 0 Å².